The van der Waals surface area contributed by atoms with Crippen molar-refractivity contribution in [1.82, 2.24) is 14.2 Å². The number of amides is 1. The van der Waals surface area contributed by atoms with E-state index in [2.05, 4.69) is 4.98 Å². The lowest BCUT2D eigenvalue weighted by Gasteiger charge is -2.37. The van der Waals surface area contributed by atoms with Gasteiger partial charge in [-0.2, -0.15) is 4.31 Å². The maximum atomic E-state index is 12.4. The maximum absolute atomic E-state index is 12.4. The summed E-state index contributed by atoms with van der Waals surface area (Å²) in [5.74, 6) is -0.0538. The van der Waals surface area contributed by atoms with E-state index in [-0.39, 0.29) is 25.1 Å². The number of nitrogens with zero attached hydrogens (tertiary/aromatic N) is 3. The van der Waals surface area contributed by atoms with Gasteiger partial charge in [0.1, 0.15) is 11.6 Å². The van der Waals surface area contributed by atoms with Crippen LogP contribution in [0.3, 0.4) is 0 Å². The lowest BCUT2D eigenvalue weighted by molar-refractivity contribution is -0.136. The van der Waals surface area contributed by atoms with E-state index in [9.17, 15) is 13.2 Å². The number of aromatic nitrogens is 1. The summed E-state index contributed by atoms with van der Waals surface area (Å²) in [6.07, 6.45) is 2.47. The number of sulfonamides is 1. The fraction of sp³-hybridized carbons (Fsp3) is 0.529. The summed E-state index contributed by atoms with van der Waals surface area (Å²) < 4.78 is 31.2. The zero-order chi connectivity index (χ0) is 19.4. The molecule has 27 heavy (non-hydrogen) atoms. The van der Waals surface area contributed by atoms with Gasteiger partial charge in [-0.25, -0.2) is 13.4 Å². The highest BCUT2D eigenvalue weighted by Crippen LogP contribution is 2.29. The molecule has 3 rings (SSSR count). The monoisotopic (exact) mass is 429 g/mol. The number of thiazole rings is 1. The second-order valence-electron chi connectivity index (χ2n) is 6.47. The third kappa shape index (κ3) is 5.14. The molecule has 0 saturated carbocycles. The SMILES string of the molecule is COCC(=O)N1CCC(N(Cc2csc(-c3cccs3)n2)S(C)(=O)=O)CC1. The smallest absolute Gasteiger partial charge is 0.248 e. The standard InChI is InChI=1S/C17H23N3O4S3/c1-24-11-16(21)19-7-5-14(6-8-19)20(27(2,22)23)10-13-12-26-17(18-13)15-4-3-9-25-15/h3-4,9,12,14H,5-8,10-11H2,1-2H3. The van der Waals surface area contributed by atoms with Gasteiger partial charge in [-0.1, -0.05) is 6.07 Å². The molecule has 1 amide bonds. The number of carbonyl (C=O) groups is 1. The van der Waals surface area contributed by atoms with Crippen molar-refractivity contribution in [2.75, 3.05) is 33.1 Å². The Labute approximate surface area is 167 Å². The molecule has 1 fully saturated rings. The van der Waals surface area contributed by atoms with E-state index in [1.807, 2.05) is 22.9 Å². The van der Waals surface area contributed by atoms with Crippen LogP contribution >= 0.6 is 22.7 Å². The number of likely N-dealkylation sites (tertiary alicyclic amines) is 1. The van der Waals surface area contributed by atoms with Crippen LogP contribution in [0.25, 0.3) is 9.88 Å². The topological polar surface area (TPSA) is 79.8 Å². The molecule has 1 aliphatic rings. The molecule has 10 heteroatoms. The summed E-state index contributed by atoms with van der Waals surface area (Å²) in [5, 5.41) is 4.83. The van der Waals surface area contributed by atoms with Gasteiger partial charge in [-0.05, 0) is 24.3 Å². The van der Waals surface area contributed by atoms with Crippen LogP contribution in [-0.4, -0.2) is 67.6 Å². The van der Waals surface area contributed by atoms with Crippen molar-refractivity contribution in [3.63, 3.8) is 0 Å². The Bertz CT molecular complexity index is 856. The number of hydrogen-bond acceptors (Lipinski definition) is 7. The maximum Gasteiger partial charge on any atom is 0.248 e. The van der Waals surface area contributed by atoms with Crippen molar-refractivity contribution in [2.24, 2.45) is 0 Å². The molecule has 2 aromatic rings. The van der Waals surface area contributed by atoms with Gasteiger partial charge in [-0.15, -0.1) is 22.7 Å². The lowest BCUT2D eigenvalue weighted by Crippen LogP contribution is -2.48. The average molecular weight is 430 g/mol. The summed E-state index contributed by atoms with van der Waals surface area (Å²) in [6.45, 7) is 1.40. The minimum Gasteiger partial charge on any atom is -0.375 e. The van der Waals surface area contributed by atoms with Gasteiger partial charge in [0.2, 0.25) is 15.9 Å². The van der Waals surface area contributed by atoms with Crippen molar-refractivity contribution in [3.8, 4) is 9.88 Å². The fourth-order valence-electron chi connectivity index (χ4n) is 3.19. The van der Waals surface area contributed by atoms with Crippen LogP contribution in [0.15, 0.2) is 22.9 Å². The zero-order valence-corrected chi connectivity index (χ0v) is 17.8. The van der Waals surface area contributed by atoms with Crippen molar-refractivity contribution >= 4 is 38.6 Å². The molecule has 0 N–H and O–H groups in total. The molecule has 0 aromatic carbocycles. The summed E-state index contributed by atoms with van der Waals surface area (Å²) >= 11 is 3.14. The first-order chi connectivity index (χ1) is 12.9. The predicted octanol–water partition coefficient (Wildman–Crippen LogP) is 2.27. The highest BCUT2D eigenvalue weighted by molar-refractivity contribution is 7.88. The molecular weight excluding hydrogens is 406 g/mol. The third-order valence-electron chi connectivity index (χ3n) is 4.52. The van der Waals surface area contributed by atoms with Gasteiger partial charge in [0.15, 0.2) is 0 Å². The number of ether oxygens (including phenoxy) is 1. The van der Waals surface area contributed by atoms with Gasteiger partial charge < -0.3 is 9.64 Å². The number of piperidine rings is 1. The Morgan fingerprint density at radius 3 is 2.70 bits per heavy atom. The normalized spacial score (nSPS) is 16.2. The van der Waals surface area contributed by atoms with E-state index in [0.717, 1.165) is 15.6 Å². The quantitative estimate of drug-likeness (QED) is 0.675. The van der Waals surface area contributed by atoms with E-state index in [0.29, 0.717) is 25.9 Å². The van der Waals surface area contributed by atoms with Gasteiger partial charge in [0.25, 0.3) is 0 Å². The third-order valence-corrected chi connectivity index (χ3v) is 7.73. The highest BCUT2D eigenvalue weighted by atomic mass is 32.2. The van der Waals surface area contributed by atoms with E-state index >= 15 is 0 Å². The number of carbonyl (C=O) groups excluding carboxylic acids is 1. The first-order valence-corrected chi connectivity index (χ1v) is 12.2. The molecule has 0 atom stereocenters. The Morgan fingerprint density at radius 2 is 2.11 bits per heavy atom. The van der Waals surface area contributed by atoms with Crippen LogP contribution in [0.4, 0.5) is 0 Å². The van der Waals surface area contributed by atoms with Crippen molar-refractivity contribution in [1.29, 1.82) is 0 Å². The van der Waals surface area contributed by atoms with Crippen LogP contribution < -0.4 is 0 Å². The van der Waals surface area contributed by atoms with Crippen molar-refractivity contribution in [2.45, 2.75) is 25.4 Å². The molecule has 1 aliphatic heterocycles. The highest BCUT2D eigenvalue weighted by Gasteiger charge is 2.32. The Balaban J connectivity index is 1.68. The molecule has 148 valence electrons. The van der Waals surface area contributed by atoms with Gasteiger partial charge >= 0.3 is 0 Å². The van der Waals surface area contributed by atoms with E-state index in [1.54, 1.807) is 16.2 Å². The van der Waals surface area contributed by atoms with E-state index in [1.165, 1.54) is 29.0 Å². The Kier molecular flexibility index (Phi) is 6.64. The number of thiophene rings is 1. The zero-order valence-electron chi connectivity index (χ0n) is 15.3. The minimum absolute atomic E-state index is 0.0538. The number of hydrogen-bond donors (Lipinski definition) is 0. The van der Waals surface area contributed by atoms with Gasteiger partial charge in [-0.3, -0.25) is 4.79 Å². The van der Waals surface area contributed by atoms with Crippen LogP contribution in [0, 0.1) is 0 Å². The van der Waals surface area contributed by atoms with E-state index < -0.39 is 10.0 Å². The minimum atomic E-state index is -3.38. The molecule has 2 aromatic heterocycles. The lowest BCUT2D eigenvalue weighted by atomic mass is 10.0. The van der Waals surface area contributed by atoms with Crippen LogP contribution in [0.1, 0.15) is 18.5 Å². The average Bonchev–Trinajstić information content (AvgIpc) is 3.30. The molecule has 0 aliphatic carbocycles. The summed E-state index contributed by atoms with van der Waals surface area (Å²) in [5.41, 5.74) is 0.756. The Morgan fingerprint density at radius 1 is 1.37 bits per heavy atom. The first kappa shape index (κ1) is 20.4. The number of methoxy groups -OCH3 is 1. The van der Waals surface area contributed by atoms with Crippen LogP contribution in [0.5, 0.6) is 0 Å². The summed E-state index contributed by atoms with van der Waals surface area (Å²) in [7, 11) is -1.89. The number of rotatable bonds is 7. The van der Waals surface area contributed by atoms with Gasteiger partial charge in [0, 0.05) is 31.6 Å². The molecule has 0 bridgehead atoms. The molecule has 0 spiro atoms. The van der Waals surface area contributed by atoms with E-state index in [4.69, 9.17) is 4.74 Å². The molecule has 1 saturated heterocycles. The molecule has 0 unspecified atom stereocenters. The first-order valence-electron chi connectivity index (χ1n) is 8.60. The largest absolute Gasteiger partial charge is 0.375 e. The predicted molar refractivity (Wildman–Crippen MR) is 107 cm³/mol. The van der Waals surface area contributed by atoms with Crippen LogP contribution in [-0.2, 0) is 26.1 Å². The second kappa shape index (κ2) is 8.78. The van der Waals surface area contributed by atoms with Crippen molar-refractivity contribution in [3.05, 3.63) is 28.6 Å². The molecule has 3 heterocycles. The fourth-order valence-corrected chi connectivity index (χ4v) is 5.93. The van der Waals surface area contributed by atoms with Crippen molar-refractivity contribution < 1.29 is 17.9 Å². The molecule has 7 nitrogen and oxygen atoms in total. The Hall–Kier alpha value is -1.33. The second-order valence-corrected chi connectivity index (χ2v) is 10.2. The summed E-state index contributed by atoms with van der Waals surface area (Å²) in [6, 6.07) is 3.86. The van der Waals surface area contributed by atoms with Gasteiger partial charge in [0.05, 0.1) is 23.4 Å². The molecular formula is C17H23N3O4S3. The molecule has 0 radical (unpaired) electrons. The summed E-state index contributed by atoms with van der Waals surface area (Å²) in [4.78, 5) is 19.4. The van der Waals surface area contributed by atoms with Crippen LogP contribution in [0.2, 0.25) is 0 Å².